The maximum atomic E-state index is 13.7. The van der Waals surface area contributed by atoms with Crippen molar-refractivity contribution in [1.82, 2.24) is 9.88 Å². The number of carbonyl (C=O) groups excluding carboxylic acids is 1. The lowest BCUT2D eigenvalue weighted by Crippen LogP contribution is -2.44. The Balaban J connectivity index is 1.52. The molecule has 2 aromatic carbocycles. The Labute approximate surface area is 166 Å². The van der Waals surface area contributed by atoms with Gasteiger partial charge in [0.25, 0.3) is 5.56 Å². The number of halogens is 1. The number of likely N-dealkylation sites (N-methyl/N-ethyl adjacent to an activating group) is 1. The van der Waals surface area contributed by atoms with Crippen molar-refractivity contribution in [2.24, 2.45) is 0 Å². The molecule has 7 heteroatoms. The number of benzene rings is 2. The summed E-state index contributed by atoms with van der Waals surface area (Å²) in [5.41, 5.74) is 3.18. The molecule has 0 saturated carbocycles. The number of fused-ring (bicyclic) bond motifs is 4. The summed E-state index contributed by atoms with van der Waals surface area (Å²) in [4.78, 5) is 30.1. The molecule has 0 unspecified atom stereocenters. The lowest BCUT2D eigenvalue weighted by Gasteiger charge is -2.35. The van der Waals surface area contributed by atoms with E-state index < -0.39 is 5.82 Å². The first-order valence-corrected chi connectivity index (χ1v) is 9.56. The smallest absolute Gasteiger partial charge is 0.256 e. The minimum Gasteiger partial charge on any atom is -0.373 e. The van der Waals surface area contributed by atoms with Gasteiger partial charge in [-0.25, -0.2) is 4.39 Å². The molecular weight excluding hydrogens is 373 g/mol. The minimum absolute atomic E-state index is 0.0517. The lowest BCUT2D eigenvalue weighted by atomic mass is 9.95. The predicted molar refractivity (Wildman–Crippen MR) is 107 cm³/mol. The van der Waals surface area contributed by atoms with Gasteiger partial charge in [-0.05, 0) is 29.1 Å². The summed E-state index contributed by atoms with van der Waals surface area (Å²) in [6.07, 6.45) is 0.622. The van der Waals surface area contributed by atoms with Crippen LogP contribution in [0.5, 0.6) is 0 Å². The normalized spacial score (nSPS) is 20.1. The molecule has 2 aliphatic rings. The molecule has 0 spiro atoms. The summed E-state index contributed by atoms with van der Waals surface area (Å²) in [5, 5.41) is 4.23. The zero-order valence-electron chi connectivity index (χ0n) is 15.9. The van der Waals surface area contributed by atoms with E-state index in [-0.39, 0.29) is 35.5 Å². The van der Waals surface area contributed by atoms with Crippen LogP contribution in [0.1, 0.15) is 22.9 Å². The third-order valence-electron chi connectivity index (χ3n) is 5.85. The van der Waals surface area contributed by atoms with Gasteiger partial charge in [-0.15, -0.1) is 0 Å². The van der Waals surface area contributed by atoms with E-state index in [1.807, 2.05) is 24.3 Å². The summed E-state index contributed by atoms with van der Waals surface area (Å²) in [6.45, 7) is 0.566. The molecule has 148 valence electrons. The van der Waals surface area contributed by atoms with Crippen molar-refractivity contribution in [1.29, 1.82) is 0 Å². The van der Waals surface area contributed by atoms with Crippen LogP contribution in [0.15, 0.2) is 47.3 Å². The number of hydrogen-bond donors (Lipinski definition) is 2. The standard InChI is InChI=1S/C22H20FN3O3/c1-26(22(28)17-8-12-4-2-3-5-16(12)24-17)19-11-29-10-18-20(19)14-7-6-13(23)9-15(14)21(27)25-18/h2-7,9,17,19,24H,8,10-11H2,1H3,(H,25,27)/t17-,19-/m1/s1. The number of nitrogens with zero attached hydrogens (tertiary/aromatic N) is 1. The van der Waals surface area contributed by atoms with Crippen molar-refractivity contribution in [3.05, 3.63) is 75.5 Å². The number of nitrogens with one attached hydrogen (secondary N) is 2. The summed E-state index contributed by atoms with van der Waals surface area (Å²) in [7, 11) is 1.75. The fourth-order valence-corrected chi connectivity index (χ4v) is 4.38. The molecule has 2 atom stereocenters. The third kappa shape index (κ3) is 2.89. The first-order chi connectivity index (χ1) is 14.0. The molecule has 29 heavy (non-hydrogen) atoms. The summed E-state index contributed by atoms with van der Waals surface area (Å²) in [5.74, 6) is -0.520. The van der Waals surface area contributed by atoms with Crippen LogP contribution in [0.4, 0.5) is 10.1 Å². The van der Waals surface area contributed by atoms with Gasteiger partial charge in [0.15, 0.2) is 0 Å². The van der Waals surface area contributed by atoms with Gasteiger partial charge in [-0.2, -0.15) is 0 Å². The summed E-state index contributed by atoms with van der Waals surface area (Å²) < 4.78 is 19.4. The van der Waals surface area contributed by atoms with Crippen LogP contribution in [0.25, 0.3) is 10.8 Å². The van der Waals surface area contributed by atoms with Crippen LogP contribution in [0.3, 0.4) is 0 Å². The number of H-pyrrole nitrogens is 1. The Morgan fingerprint density at radius 3 is 2.86 bits per heavy atom. The number of pyridine rings is 1. The Morgan fingerprint density at radius 1 is 1.21 bits per heavy atom. The number of amides is 1. The maximum Gasteiger partial charge on any atom is 0.256 e. The van der Waals surface area contributed by atoms with Crippen LogP contribution >= 0.6 is 0 Å². The number of aromatic nitrogens is 1. The van der Waals surface area contributed by atoms with Crippen molar-refractivity contribution in [3.8, 4) is 0 Å². The lowest BCUT2D eigenvalue weighted by molar-refractivity contribution is -0.134. The van der Waals surface area contributed by atoms with Crippen LogP contribution in [0.2, 0.25) is 0 Å². The molecule has 0 bridgehead atoms. The fraction of sp³-hybridized carbons (Fsp3) is 0.273. The number of rotatable bonds is 2. The van der Waals surface area contributed by atoms with Crippen molar-refractivity contribution < 1.29 is 13.9 Å². The van der Waals surface area contributed by atoms with Crippen molar-refractivity contribution >= 4 is 22.4 Å². The van der Waals surface area contributed by atoms with Crippen LogP contribution in [-0.4, -0.2) is 35.5 Å². The second-order valence-electron chi connectivity index (χ2n) is 7.57. The van der Waals surface area contributed by atoms with Gasteiger partial charge >= 0.3 is 0 Å². The summed E-state index contributed by atoms with van der Waals surface area (Å²) >= 11 is 0. The molecule has 1 aromatic heterocycles. The number of carbonyl (C=O) groups is 1. The van der Waals surface area contributed by atoms with Gasteiger partial charge in [0, 0.05) is 30.4 Å². The monoisotopic (exact) mass is 393 g/mol. The number of para-hydroxylation sites is 1. The highest BCUT2D eigenvalue weighted by Gasteiger charge is 2.35. The van der Waals surface area contributed by atoms with Gasteiger partial charge in [0.05, 0.1) is 24.6 Å². The summed E-state index contributed by atoms with van der Waals surface area (Å²) in [6, 6.07) is 11.3. The molecule has 3 aromatic rings. The van der Waals surface area contributed by atoms with E-state index in [2.05, 4.69) is 10.3 Å². The van der Waals surface area contributed by atoms with E-state index in [1.165, 1.54) is 12.1 Å². The van der Waals surface area contributed by atoms with Gasteiger partial charge < -0.3 is 19.9 Å². The van der Waals surface area contributed by atoms with Crippen LogP contribution < -0.4 is 10.9 Å². The number of ether oxygens (including phenoxy) is 1. The zero-order valence-corrected chi connectivity index (χ0v) is 15.9. The number of anilines is 1. The van der Waals surface area contributed by atoms with Crippen LogP contribution in [-0.2, 0) is 22.6 Å². The first-order valence-electron chi connectivity index (χ1n) is 9.56. The highest BCUT2D eigenvalue weighted by Crippen LogP contribution is 2.34. The van der Waals surface area contributed by atoms with Crippen molar-refractivity contribution in [2.45, 2.75) is 25.1 Å². The van der Waals surface area contributed by atoms with E-state index in [0.29, 0.717) is 24.1 Å². The molecular formula is C22H20FN3O3. The molecule has 5 rings (SSSR count). The molecule has 0 saturated heterocycles. The third-order valence-corrected chi connectivity index (χ3v) is 5.85. The predicted octanol–water partition coefficient (Wildman–Crippen LogP) is 2.73. The number of aromatic amines is 1. The van der Waals surface area contributed by atoms with E-state index in [0.717, 1.165) is 16.8 Å². The Morgan fingerprint density at radius 2 is 2.03 bits per heavy atom. The van der Waals surface area contributed by atoms with E-state index in [1.54, 1.807) is 18.0 Å². The quantitative estimate of drug-likeness (QED) is 0.702. The maximum absolute atomic E-state index is 13.7. The van der Waals surface area contributed by atoms with Crippen LogP contribution in [0, 0.1) is 5.82 Å². The molecule has 0 fully saturated rings. The molecule has 6 nitrogen and oxygen atoms in total. The zero-order chi connectivity index (χ0) is 20.1. The van der Waals surface area contributed by atoms with E-state index >= 15 is 0 Å². The van der Waals surface area contributed by atoms with Gasteiger partial charge in [-0.1, -0.05) is 24.3 Å². The number of hydrogen-bond acceptors (Lipinski definition) is 4. The van der Waals surface area contributed by atoms with Gasteiger partial charge in [0.1, 0.15) is 11.9 Å². The van der Waals surface area contributed by atoms with Crippen molar-refractivity contribution in [2.75, 3.05) is 19.0 Å². The molecule has 3 heterocycles. The molecule has 2 N–H and O–H groups in total. The second kappa shape index (κ2) is 6.70. The molecule has 0 radical (unpaired) electrons. The minimum atomic E-state index is -0.469. The Bertz CT molecular complexity index is 1160. The highest BCUT2D eigenvalue weighted by atomic mass is 19.1. The molecule has 2 aliphatic heterocycles. The fourth-order valence-electron chi connectivity index (χ4n) is 4.38. The molecule has 1 amide bonds. The Hall–Kier alpha value is -3.19. The topological polar surface area (TPSA) is 74.4 Å². The first kappa shape index (κ1) is 17.9. The second-order valence-corrected chi connectivity index (χ2v) is 7.57. The average molecular weight is 393 g/mol. The SMILES string of the molecule is CN(C(=O)[C@H]1Cc2ccccc2N1)[C@@H]1COCc2[nH]c(=O)c3cc(F)ccc3c21. The average Bonchev–Trinajstić information content (AvgIpc) is 3.16. The Kier molecular flexibility index (Phi) is 4.13. The molecule has 0 aliphatic carbocycles. The van der Waals surface area contributed by atoms with E-state index in [9.17, 15) is 14.0 Å². The van der Waals surface area contributed by atoms with Gasteiger partial charge in [0.2, 0.25) is 5.91 Å². The largest absolute Gasteiger partial charge is 0.373 e. The highest BCUT2D eigenvalue weighted by molar-refractivity contribution is 5.90. The van der Waals surface area contributed by atoms with E-state index in [4.69, 9.17) is 4.74 Å². The van der Waals surface area contributed by atoms with Crippen molar-refractivity contribution in [3.63, 3.8) is 0 Å². The van der Waals surface area contributed by atoms with Gasteiger partial charge in [-0.3, -0.25) is 9.59 Å².